The molecule has 4 nitrogen and oxygen atoms in total. The molecule has 2 aliphatic heterocycles. The van der Waals surface area contributed by atoms with E-state index in [0.717, 1.165) is 31.8 Å². The zero-order chi connectivity index (χ0) is 13.0. The van der Waals surface area contributed by atoms with Crippen LogP contribution in [0.15, 0.2) is 0 Å². The molecule has 2 saturated heterocycles. The summed E-state index contributed by atoms with van der Waals surface area (Å²) in [5.74, 6) is 1.09. The van der Waals surface area contributed by atoms with Gasteiger partial charge in [0.05, 0.1) is 5.75 Å². The van der Waals surface area contributed by atoms with Gasteiger partial charge < -0.3 is 4.90 Å². The highest BCUT2D eigenvalue weighted by molar-refractivity contribution is 7.89. The van der Waals surface area contributed by atoms with Gasteiger partial charge in [-0.2, -0.15) is 0 Å². The number of piperidine rings is 2. The smallest absolute Gasteiger partial charge is 0.215 e. The van der Waals surface area contributed by atoms with Gasteiger partial charge >= 0.3 is 0 Å². The fourth-order valence-corrected chi connectivity index (χ4v) is 4.18. The maximum Gasteiger partial charge on any atom is 0.215 e. The van der Waals surface area contributed by atoms with Crippen LogP contribution in [0, 0.1) is 12.3 Å². The molecule has 0 atom stereocenters. The van der Waals surface area contributed by atoms with E-state index < -0.39 is 10.0 Å². The van der Waals surface area contributed by atoms with Crippen molar-refractivity contribution >= 4 is 10.0 Å². The first-order valence-corrected chi connectivity index (χ1v) is 8.71. The monoisotopic (exact) mass is 273 g/mol. The fraction of sp³-hybridized carbons (Fsp3) is 0.923. The summed E-state index contributed by atoms with van der Waals surface area (Å²) < 4.78 is 26.0. The zero-order valence-corrected chi connectivity index (χ0v) is 12.2. The summed E-state index contributed by atoms with van der Waals surface area (Å²) in [4.78, 5) is 2.30. The molecule has 0 aromatic carbocycles. The normalized spacial score (nSPS) is 25.4. The first kappa shape index (κ1) is 14.3. The Labute approximate surface area is 111 Å². The van der Waals surface area contributed by atoms with Crippen molar-refractivity contribution < 1.29 is 8.42 Å². The van der Waals surface area contributed by atoms with Crippen LogP contribution in [-0.4, -0.2) is 56.1 Å². The van der Waals surface area contributed by atoms with Gasteiger partial charge in [-0.25, -0.2) is 12.7 Å². The highest BCUT2D eigenvalue weighted by atomic mass is 32.2. The van der Waals surface area contributed by atoms with Crippen molar-refractivity contribution in [2.75, 3.05) is 38.5 Å². The van der Waals surface area contributed by atoms with Gasteiger partial charge in [0.2, 0.25) is 10.0 Å². The van der Waals surface area contributed by atoms with Crippen molar-refractivity contribution in [3.63, 3.8) is 0 Å². The largest absolute Gasteiger partial charge is 0.302 e. The molecule has 18 heavy (non-hydrogen) atoms. The molecular formula is C13H25N2O2S. The van der Waals surface area contributed by atoms with Crippen molar-refractivity contribution in [1.82, 2.24) is 9.21 Å². The minimum Gasteiger partial charge on any atom is -0.302 e. The summed E-state index contributed by atoms with van der Waals surface area (Å²) in [6.07, 6.45) is 6.40. The minimum absolute atomic E-state index is 0.293. The van der Waals surface area contributed by atoms with E-state index in [9.17, 15) is 8.42 Å². The quantitative estimate of drug-likeness (QED) is 0.776. The summed E-state index contributed by atoms with van der Waals surface area (Å²) >= 11 is 0. The number of nitrogens with zero attached hydrogens (tertiary/aromatic N) is 2. The summed E-state index contributed by atoms with van der Waals surface area (Å²) in [5.41, 5.74) is 0. The van der Waals surface area contributed by atoms with Crippen molar-refractivity contribution in [2.24, 2.45) is 5.92 Å². The summed E-state index contributed by atoms with van der Waals surface area (Å²) in [6, 6.07) is 0. The number of rotatable bonds is 4. The van der Waals surface area contributed by atoms with Crippen LogP contribution < -0.4 is 0 Å². The van der Waals surface area contributed by atoms with Crippen LogP contribution in [0.3, 0.4) is 0 Å². The van der Waals surface area contributed by atoms with Crippen LogP contribution in [0.25, 0.3) is 0 Å². The molecule has 0 unspecified atom stereocenters. The molecule has 0 N–H and O–H groups in total. The molecule has 2 rings (SSSR count). The van der Waals surface area contributed by atoms with Gasteiger partial charge in [0, 0.05) is 19.6 Å². The van der Waals surface area contributed by atoms with Gasteiger partial charge in [-0.05, 0) is 51.1 Å². The van der Waals surface area contributed by atoms with E-state index in [2.05, 4.69) is 18.2 Å². The van der Waals surface area contributed by atoms with E-state index in [-0.39, 0.29) is 0 Å². The number of hydrogen-bond donors (Lipinski definition) is 0. The number of hydrogen-bond acceptors (Lipinski definition) is 3. The molecule has 0 aromatic rings. The predicted octanol–water partition coefficient (Wildman–Crippen LogP) is 1.35. The first-order chi connectivity index (χ1) is 8.58. The molecular weight excluding hydrogens is 248 g/mol. The average Bonchev–Trinajstić information content (AvgIpc) is 2.39. The number of sulfonamides is 1. The second-order valence-corrected chi connectivity index (χ2v) is 7.69. The summed E-state index contributed by atoms with van der Waals surface area (Å²) in [7, 11) is -3.02. The van der Waals surface area contributed by atoms with Gasteiger partial charge in [0.15, 0.2) is 0 Å². The van der Waals surface area contributed by atoms with E-state index in [4.69, 9.17) is 0 Å². The molecule has 0 aliphatic carbocycles. The van der Waals surface area contributed by atoms with E-state index in [0.29, 0.717) is 25.4 Å². The molecule has 0 saturated carbocycles. The molecule has 0 aromatic heterocycles. The lowest BCUT2D eigenvalue weighted by atomic mass is 9.99. The summed E-state index contributed by atoms with van der Waals surface area (Å²) in [5, 5.41) is 0. The molecule has 105 valence electrons. The van der Waals surface area contributed by atoms with Crippen LogP contribution in [-0.2, 0) is 10.0 Å². The van der Waals surface area contributed by atoms with Gasteiger partial charge in [0.1, 0.15) is 0 Å². The molecule has 0 spiro atoms. The van der Waals surface area contributed by atoms with Crippen molar-refractivity contribution in [2.45, 2.75) is 32.6 Å². The highest BCUT2D eigenvalue weighted by Crippen LogP contribution is 2.17. The summed E-state index contributed by atoms with van der Waals surface area (Å²) in [6.45, 7) is 6.46. The van der Waals surface area contributed by atoms with Crippen molar-refractivity contribution in [3.05, 3.63) is 6.42 Å². The van der Waals surface area contributed by atoms with Crippen molar-refractivity contribution in [1.29, 1.82) is 0 Å². The fourth-order valence-electron chi connectivity index (χ4n) is 2.66. The molecule has 2 heterocycles. The standard InChI is InChI=1S/C13H25N2O2S/c1-13-5-9-14(10-6-13)11-12-18(16,17)15-7-3-2-4-8-15/h2,13H,3-12H2,1H3. The lowest BCUT2D eigenvalue weighted by Crippen LogP contribution is -2.42. The molecule has 2 aliphatic rings. The van der Waals surface area contributed by atoms with Crippen LogP contribution in [0.5, 0.6) is 0 Å². The Morgan fingerprint density at radius 1 is 1.11 bits per heavy atom. The Bertz CT molecular complexity index is 342. The SMILES string of the molecule is CC1CCN(CCS(=O)(=O)N2CC[CH]CC2)CC1. The molecule has 0 bridgehead atoms. The first-order valence-electron chi connectivity index (χ1n) is 7.10. The Morgan fingerprint density at radius 3 is 2.33 bits per heavy atom. The van der Waals surface area contributed by atoms with Crippen molar-refractivity contribution in [3.8, 4) is 0 Å². The van der Waals surface area contributed by atoms with E-state index in [1.54, 1.807) is 4.31 Å². The third-order valence-corrected chi connectivity index (χ3v) is 5.95. The van der Waals surface area contributed by atoms with Crippen LogP contribution in [0.1, 0.15) is 32.6 Å². The molecule has 5 heteroatoms. The average molecular weight is 273 g/mol. The van der Waals surface area contributed by atoms with E-state index >= 15 is 0 Å². The Morgan fingerprint density at radius 2 is 1.72 bits per heavy atom. The van der Waals surface area contributed by atoms with E-state index in [1.165, 1.54) is 12.8 Å². The highest BCUT2D eigenvalue weighted by Gasteiger charge is 2.25. The molecule has 1 radical (unpaired) electrons. The third-order valence-electron chi connectivity index (χ3n) is 4.10. The Balaban J connectivity index is 1.77. The second-order valence-electron chi connectivity index (χ2n) is 5.61. The van der Waals surface area contributed by atoms with Gasteiger partial charge in [0.25, 0.3) is 0 Å². The van der Waals surface area contributed by atoms with E-state index in [1.807, 2.05) is 0 Å². The third kappa shape index (κ3) is 3.93. The Hall–Kier alpha value is -0.130. The maximum absolute atomic E-state index is 12.2. The molecule has 2 fully saturated rings. The topological polar surface area (TPSA) is 40.6 Å². The Kier molecular flexibility index (Phi) is 5.04. The minimum atomic E-state index is -3.02. The van der Waals surface area contributed by atoms with Gasteiger partial charge in [-0.1, -0.05) is 6.92 Å². The number of likely N-dealkylation sites (tertiary alicyclic amines) is 1. The predicted molar refractivity (Wildman–Crippen MR) is 73.7 cm³/mol. The van der Waals surface area contributed by atoms with Crippen LogP contribution in [0.4, 0.5) is 0 Å². The molecule has 0 amide bonds. The van der Waals surface area contributed by atoms with Gasteiger partial charge in [-0.15, -0.1) is 0 Å². The second kappa shape index (κ2) is 6.35. The van der Waals surface area contributed by atoms with Gasteiger partial charge in [-0.3, -0.25) is 0 Å². The zero-order valence-electron chi connectivity index (χ0n) is 11.3. The van der Waals surface area contributed by atoms with Crippen LogP contribution in [0.2, 0.25) is 0 Å². The lowest BCUT2D eigenvalue weighted by molar-refractivity contribution is 0.201. The maximum atomic E-state index is 12.2. The van der Waals surface area contributed by atoms with Crippen LogP contribution >= 0.6 is 0 Å². The lowest BCUT2D eigenvalue weighted by Gasteiger charge is -2.31.